The van der Waals surface area contributed by atoms with Crippen LogP contribution in [0.3, 0.4) is 0 Å². The molecule has 2 aromatic carbocycles. The van der Waals surface area contributed by atoms with E-state index in [0.29, 0.717) is 24.5 Å². The highest BCUT2D eigenvalue weighted by molar-refractivity contribution is 7.89. The van der Waals surface area contributed by atoms with Crippen LogP contribution in [0.4, 0.5) is 0 Å². The van der Waals surface area contributed by atoms with Gasteiger partial charge < -0.3 is 13.9 Å². The predicted octanol–water partition coefficient (Wildman–Crippen LogP) is 3.89. The van der Waals surface area contributed by atoms with Gasteiger partial charge in [0.2, 0.25) is 10.0 Å². The van der Waals surface area contributed by atoms with E-state index in [0.717, 1.165) is 27.7 Å². The van der Waals surface area contributed by atoms with Crippen LogP contribution in [-0.2, 0) is 14.8 Å². The number of carbonyl (C=O) groups excluding carboxylic acids is 1. The van der Waals surface area contributed by atoms with E-state index in [-0.39, 0.29) is 22.9 Å². The standard InChI is InChI=1S/C21H17NO6S2/c23-21(20-19(7-12-29-20)30(24,25)22-8-10-26-11-9-22)27-14-5-6-18-16(13-14)15-3-1-2-4-17(15)28-18/h1-7,12-13H,8-11H2. The molecule has 7 nitrogen and oxygen atoms in total. The van der Waals surface area contributed by atoms with Gasteiger partial charge >= 0.3 is 5.97 Å². The van der Waals surface area contributed by atoms with Gasteiger partial charge in [0.1, 0.15) is 26.7 Å². The van der Waals surface area contributed by atoms with Crippen molar-refractivity contribution in [3.8, 4) is 5.75 Å². The minimum atomic E-state index is -3.79. The third kappa shape index (κ3) is 3.29. The van der Waals surface area contributed by atoms with E-state index in [1.807, 2.05) is 24.3 Å². The molecular weight excluding hydrogens is 426 g/mol. The van der Waals surface area contributed by atoms with E-state index in [2.05, 4.69) is 0 Å². The predicted molar refractivity (Wildman–Crippen MR) is 113 cm³/mol. The molecule has 1 aliphatic heterocycles. The summed E-state index contributed by atoms with van der Waals surface area (Å²) in [6, 6.07) is 14.1. The van der Waals surface area contributed by atoms with Crippen molar-refractivity contribution in [3.05, 3.63) is 58.8 Å². The Hall–Kier alpha value is -2.72. The van der Waals surface area contributed by atoms with Gasteiger partial charge in [0.05, 0.1) is 13.2 Å². The summed E-state index contributed by atoms with van der Waals surface area (Å²) in [6.45, 7) is 1.19. The lowest BCUT2D eigenvalue weighted by Gasteiger charge is -2.25. The molecule has 3 heterocycles. The fourth-order valence-corrected chi connectivity index (χ4v) is 6.17. The van der Waals surface area contributed by atoms with Crippen molar-refractivity contribution in [2.45, 2.75) is 4.90 Å². The molecule has 0 atom stereocenters. The Morgan fingerprint density at radius 1 is 1.00 bits per heavy atom. The molecule has 1 fully saturated rings. The summed E-state index contributed by atoms with van der Waals surface area (Å²) in [7, 11) is -3.79. The Morgan fingerprint density at radius 3 is 2.60 bits per heavy atom. The highest BCUT2D eigenvalue weighted by Crippen LogP contribution is 2.32. The van der Waals surface area contributed by atoms with Crippen LogP contribution in [0.5, 0.6) is 5.75 Å². The summed E-state index contributed by atoms with van der Waals surface area (Å²) in [4.78, 5) is 12.8. The van der Waals surface area contributed by atoms with Crippen molar-refractivity contribution >= 4 is 49.3 Å². The Bertz CT molecular complexity index is 1350. The number of furan rings is 1. The van der Waals surface area contributed by atoms with Crippen LogP contribution in [0.1, 0.15) is 9.67 Å². The van der Waals surface area contributed by atoms with Crippen LogP contribution in [0.2, 0.25) is 0 Å². The number of hydrogen-bond acceptors (Lipinski definition) is 7. The van der Waals surface area contributed by atoms with Gasteiger partial charge in [-0.05, 0) is 35.7 Å². The molecule has 9 heteroatoms. The first-order valence-corrected chi connectivity index (χ1v) is 11.6. The van der Waals surface area contributed by atoms with Gasteiger partial charge in [-0.15, -0.1) is 11.3 Å². The zero-order valence-electron chi connectivity index (χ0n) is 15.7. The van der Waals surface area contributed by atoms with E-state index in [1.54, 1.807) is 23.6 Å². The van der Waals surface area contributed by atoms with Crippen LogP contribution < -0.4 is 4.74 Å². The van der Waals surface area contributed by atoms with Gasteiger partial charge in [-0.1, -0.05) is 18.2 Å². The van der Waals surface area contributed by atoms with Crippen molar-refractivity contribution in [3.63, 3.8) is 0 Å². The van der Waals surface area contributed by atoms with Crippen LogP contribution in [0.15, 0.2) is 63.2 Å². The number of nitrogens with zero attached hydrogens (tertiary/aromatic N) is 1. The first kappa shape index (κ1) is 19.3. The number of para-hydroxylation sites is 1. The molecule has 0 saturated carbocycles. The molecule has 0 radical (unpaired) electrons. The molecule has 5 rings (SSSR count). The topological polar surface area (TPSA) is 86.0 Å². The summed E-state index contributed by atoms with van der Waals surface area (Å²) in [5.41, 5.74) is 1.43. The van der Waals surface area contributed by atoms with E-state index in [9.17, 15) is 13.2 Å². The third-order valence-electron chi connectivity index (χ3n) is 4.96. The van der Waals surface area contributed by atoms with E-state index < -0.39 is 16.0 Å². The van der Waals surface area contributed by atoms with Crippen molar-refractivity contribution < 1.29 is 27.1 Å². The molecular formula is C21H17NO6S2. The molecule has 0 amide bonds. The van der Waals surface area contributed by atoms with Crippen molar-refractivity contribution in [2.24, 2.45) is 0 Å². The number of carbonyl (C=O) groups is 1. The number of benzene rings is 2. The van der Waals surface area contributed by atoms with Gasteiger partial charge in [-0.3, -0.25) is 0 Å². The number of esters is 1. The van der Waals surface area contributed by atoms with Crippen molar-refractivity contribution in [2.75, 3.05) is 26.3 Å². The molecule has 0 bridgehead atoms. The minimum absolute atomic E-state index is 0.0331. The second-order valence-corrected chi connectivity index (χ2v) is 9.60. The van der Waals surface area contributed by atoms with Gasteiger partial charge in [0, 0.05) is 23.9 Å². The molecule has 0 unspecified atom stereocenters. The number of sulfonamides is 1. The Kier molecular flexibility index (Phi) is 4.82. The molecule has 1 aliphatic rings. The van der Waals surface area contributed by atoms with Crippen molar-refractivity contribution in [1.29, 1.82) is 0 Å². The molecule has 2 aromatic heterocycles. The van der Waals surface area contributed by atoms with Gasteiger partial charge in [-0.2, -0.15) is 4.31 Å². The number of hydrogen-bond donors (Lipinski definition) is 0. The van der Waals surface area contributed by atoms with Crippen LogP contribution in [-0.4, -0.2) is 45.0 Å². The fourth-order valence-electron chi connectivity index (χ4n) is 3.50. The number of rotatable bonds is 4. The SMILES string of the molecule is O=C(Oc1ccc2oc3ccccc3c2c1)c1sccc1S(=O)(=O)N1CCOCC1. The average molecular weight is 444 g/mol. The number of thiophene rings is 1. The molecule has 0 spiro atoms. The summed E-state index contributed by atoms with van der Waals surface area (Å²) in [5, 5.41) is 3.32. The Morgan fingerprint density at radius 2 is 1.77 bits per heavy atom. The lowest BCUT2D eigenvalue weighted by molar-refractivity contribution is 0.0721. The lowest BCUT2D eigenvalue weighted by Crippen LogP contribution is -2.40. The molecule has 0 N–H and O–H groups in total. The molecule has 4 aromatic rings. The highest BCUT2D eigenvalue weighted by Gasteiger charge is 2.32. The van der Waals surface area contributed by atoms with Gasteiger partial charge in [-0.25, -0.2) is 13.2 Å². The fraction of sp³-hybridized carbons (Fsp3) is 0.190. The Labute approximate surface area is 176 Å². The van der Waals surface area contributed by atoms with E-state index >= 15 is 0 Å². The number of ether oxygens (including phenoxy) is 2. The average Bonchev–Trinajstić information content (AvgIpc) is 3.40. The maximum absolute atomic E-state index is 13.0. The summed E-state index contributed by atoms with van der Waals surface area (Å²) >= 11 is 1.05. The lowest BCUT2D eigenvalue weighted by atomic mass is 10.1. The first-order valence-electron chi connectivity index (χ1n) is 9.33. The monoisotopic (exact) mass is 443 g/mol. The first-order chi connectivity index (χ1) is 14.5. The number of fused-ring (bicyclic) bond motifs is 3. The third-order valence-corrected chi connectivity index (χ3v) is 7.93. The smallest absolute Gasteiger partial charge is 0.355 e. The zero-order chi connectivity index (χ0) is 20.7. The zero-order valence-corrected chi connectivity index (χ0v) is 17.4. The normalized spacial score (nSPS) is 15.6. The Balaban J connectivity index is 1.45. The largest absolute Gasteiger partial charge is 0.456 e. The molecule has 1 saturated heterocycles. The molecule has 0 aliphatic carbocycles. The van der Waals surface area contributed by atoms with Crippen LogP contribution in [0.25, 0.3) is 21.9 Å². The second-order valence-electron chi connectivity index (χ2n) is 6.78. The minimum Gasteiger partial charge on any atom is -0.456 e. The molecule has 30 heavy (non-hydrogen) atoms. The highest BCUT2D eigenvalue weighted by atomic mass is 32.2. The van der Waals surface area contributed by atoms with Crippen molar-refractivity contribution in [1.82, 2.24) is 4.31 Å². The van der Waals surface area contributed by atoms with Crippen LogP contribution >= 0.6 is 11.3 Å². The van der Waals surface area contributed by atoms with Gasteiger partial charge in [0.15, 0.2) is 0 Å². The quantitative estimate of drug-likeness (QED) is 0.351. The number of morpholine rings is 1. The summed E-state index contributed by atoms with van der Waals surface area (Å²) < 4.78 is 43.8. The summed E-state index contributed by atoms with van der Waals surface area (Å²) in [5.74, 6) is -0.383. The van der Waals surface area contributed by atoms with E-state index in [4.69, 9.17) is 13.9 Å². The van der Waals surface area contributed by atoms with Gasteiger partial charge in [0.25, 0.3) is 0 Å². The maximum atomic E-state index is 13.0. The van der Waals surface area contributed by atoms with E-state index in [1.165, 1.54) is 10.4 Å². The van der Waals surface area contributed by atoms with Crippen LogP contribution in [0, 0.1) is 0 Å². The second kappa shape index (κ2) is 7.51. The summed E-state index contributed by atoms with van der Waals surface area (Å²) in [6.07, 6.45) is 0. The molecule has 154 valence electrons. The maximum Gasteiger partial charge on any atom is 0.355 e.